The molecule has 0 amide bonds. The number of H-pyrrole nitrogens is 1. The molecule has 0 saturated heterocycles. The lowest BCUT2D eigenvalue weighted by Gasteiger charge is -2.28. The number of halogens is 2. The van der Waals surface area contributed by atoms with Crippen LogP contribution in [-0.2, 0) is 13.0 Å². The molecular formula is C20H19Cl2N3O. The van der Waals surface area contributed by atoms with Gasteiger partial charge < -0.3 is 10.1 Å². The quantitative estimate of drug-likeness (QED) is 0.693. The Labute approximate surface area is 162 Å². The zero-order valence-electron chi connectivity index (χ0n) is 14.1. The first-order valence-corrected chi connectivity index (χ1v) is 9.34. The summed E-state index contributed by atoms with van der Waals surface area (Å²) in [5.74, 6) is 0.804. The van der Waals surface area contributed by atoms with E-state index in [1.54, 1.807) is 0 Å². The van der Waals surface area contributed by atoms with E-state index >= 15 is 0 Å². The van der Waals surface area contributed by atoms with Gasteiger partial charge >= 0.3 is 0 Å². The second-order valence-electron chi connectivity index (χ2n) is 6.55. The highest BCUT2D eigenvalue weighted by Crippen LogP contribution is 2.28. The summed E-state index contributed by atoms with van der Waals surface area (Å²) in [5.41, 5.74) is 3.91. The number of aliphatic hydroxyl groups is 1. The maximum atomic E-state index is 10.5. The number of aromatic nitrogens is 2. The number of imidazole rings is 1. The summed E-state index contributed by atoms with van der Waals surface area (Å²) in [5, 5.41) is 11.8. The molecule has 1 aromatic heterocycles. The van der Waals surface area contributed by atoms with Crippen LogP contribution in [0.25, 0.3) is 11.4 Å². The Morgan fingerprint density at radius 2 is 2.00 bits per heavy atom. The molecule has 0 unspecified atom stereocenters. The van der Waals surface area contributed by atoms with Crippen LogP contribution in [0.3, 0.4) is 0 Å². The molecule has 2 N–H and O–H groups in total. The van der Waals surface area contributed by atoms with E-state index in [0.29, 0.717) is 16.6 Å². The van der Waals surface area contributed by atoms with Crippen LogP contribution in [0, 0.1) is 0 Å². The molecule has 0 radical (unpaired) electrons. The molecule has 0 fully saturated rings. The van der Waals surface area contributed by atoms with Crippen molar-refractivity contribution in [3.8, 4) is 11.4 Å². The molecule has 1 atom stereocenters. The van der Waals surface area contributed by atoms with Crippen LogP contribution >= 0.6 is 23.2 Å². The van der Waals surface area contributed by atoms with Gasteiger partial charge in [0, 0.05) is 36.6 Å². The van der Waals surface area contributed by atoms with E-state index in [-0.39, 0.29) is 0 Å². The number of nitrogens with one attached hydrogen (secondary N) is 1. The van der Waals surface area contributed by atoms with Crippen LogP contribution in [-0.4, -0.2) is 33.1 Å². The number of rotatable bonds is 4. The van der Waals surface area contributed by atoms with E-state index in [1.165, 1.54) is 0 Å². The Balaban J connectivity index is 1.49. The highest BCUT2D eigenvalue weighted by Gasteiger charge is 2.23. The van der Waals surface area contributed by atoms with E-state index in [2.05, 4.69) is 9.88 Å². The lowest BCUT2D eigenvalue weighted by Crippen LogP contribution is -2.34. The van der Waals surface area contributed by atoms with Gasteiger partial charge in [-0.1, -0.05) is 47.5 Å². The molecule has 2 heterocycles. The van der Waals surface area contributed by atoms with Gasteiger partial charge in [-0.15, -0.1) is 0 Å². The minimum Gasteiger partial charge on any atom is -0.387 e. The molecule has 6 heteroatoms. The molecule has 4 nitrogen and oxygen atoms in total. The summed E-state index contributed by atoms with van der Waals surface area (Å²) in [7, 11) is 0. The third-order valence-electron chi connectivity index (χ3n) is 4.70. The third-order valence-corrected chi connectivity index (χ3v) is 5.27. The van der Waals surface area contributed by atoms with Gasteiger partial charge in [-0.05, 0) is 29.8 Å². The molecule has 0 saturated carbocycles. The van der Waals surface area contributed by atoms with Crippen molar-refractivity contribution in [3.63, 3.8) is 0 Å². The van der Waals surface area contributed by atoms with Gasteiger partial charge in [-0.2, -0.15) is 0 Å². The topological polar surface area (TPSA) is 52.1 Å². The normalized spacial score (nSPS) is 15.7. The number of fused-ring (bicyclic) bond motifs is 1. The van der Waals surface area contributed by atoms with Gasteiger partial charge in [-0.3, -0.25) is 4.90 Å². The van der Waals surface area contributed by atoms with Crippen LogP contribution in [0.1, 0.15) is 23.1 Å². The van der Waals surface area contributed by atoms with Crippen molar-refractivity contribution in [3.05, 3.63) is 75.5 Å². The minimum absolute atomic E-state index is 0.556. The maximum Gasteiger partial charge on any atom is 0.139 e. The number of β-amino-alcohol motifs (C(OH)–C–C–N with tert-alkyl or cyclic N) is 1. The Hall–Kier alpha value is -1.85. The molecule has 0 bridgehead atoms. The summed E-state index contributed by atoms with van der Waals surface area (Å²) in [6.45, 7) is 2.14. The van der Waals surface area contributed by atoms with Crippen molar-refractivity contribution in [1.29, 1.82) is 0 Å². The van der Waals surface area contributed by atoms with Gasteiger partial charge in [0.1, 0.15) is 5.82 Å². The fourth-order valence-corrected chi connectivity index (χ4v) is 3.77. The summed E-state index contributed by atoms with van der Waals surface area (Å²) < 4.78 is 0. The standard InChI is InChI=1S/C20H19Cl2N3O/c21-14-5-3-4-13(10-14)19(26)12-25-9-8-17-18(11-25)24-20(23-17)15-6-1-2-7-16(15)22/h1-7,10,19,26H,8-9,11-12H2,(H,23,24)/t19-/m1/s1. The summed E-state index contributed by atoms with van der Waals surface area (Å²) in [6.07, 6.45) is 0.277. The van der Waals surface area contributed by atoms with E-state index in [1.807, 2.05) is 48.5 Å². The molecule has 1 aliphatic rings. The van der Waals surface area contributed by atoms with E-state index in [9.17, 15) is 5.11 Å². The summed E-state index contributed by atoms with van der Waals surface area (Å²) >= 11 is 12.3. The van der Waals surface area contributed by atoms with Crippen LogP contribution in [0.5, 0.6) is 0 Å². The molecule has 2 aromatic carbocycles. The van der Waals surface area contributed by atoms with Crippen LogP contribution in [0.4, 0.5) is 0 Å². The van der Waals surface area contributed by atoms with Crippen molar-refractivity contribution in [1.82, 2.24) is 14.9 Å². The van der Waals surface area contributed by atoms with Crippen molar-refractivity contribution >= 4 is 23.2 Å². The predicted molar refractivity (Wildman–Crippen MR) is 104 cm³/mol. The van der Waals surface area contributed by atoms with E-state index < -0.39 is 6.10 Å². The second-order valence-corrected chi connectivity index (χ2v) is 7.39. The fourth-order valence-electron chi connectivity index (χ4n) is 3.35. The lowest BCUT2D eigenvalue weighted by atomic mass is 10.1. The predicted octanol–water partition coefficient (Wildman–Crippen LogP) is 4.48. The molecule has 0 spiro atoms. The average Bonchev–Trinajstić information content (AvgIpc) is 3.05. The average molecular weight is 388 g/mol. The molecule has 26 heavy (non-hydrogen) atoms. The molecular weight excluding hydrogens is 369 g/mol. The summed E-state index contributed by atoms with van der Waals surface area (Å²) in [6, 6.07) is 15.1. The number of aromatic amines is 1. The smallest absolute Gasteiger partial charge is 0.139 e. The van der Waals surface area contributed by atoms with Gasteiger partial charge in [0.25, 0.3) is 0 Å². The Morgan fingerprint density at radius 1 is 1.15 bits per heavy atom. The zero-order valence-corrected chi connectivity index (χ0v) is 15.6. The highest BCUT2D eigenvalue weighted by atomic mass is 35.5. The largest absolute Gasteiger partial charge is 0.387 e. The zero-order chi connectivity index (χ0) is 18.1. The Morgan fingerprint density at radius 3 is 2.81 bits per heavy atom. The fraction of sp³-hybridized carbons (Fsp3) is 0.250. The van der Waals surface area contributed by atoms with Gasteiger partial charge in [-0.25, -0.2) is 4.98 Å². The van der Waals surface area contributed by atoms with Crippen molar-refractivity contribution < 1.29 is 5.11 Å². The SMILES string of the molecule is O[C@H](CN1CCc2nc(-c3ccccc3Cl)[nH]c2C1)c1cccc(Cl)c1. The second kappa shape index (κ2) is 7.41. The Bertz CT molecular complexity index is 925. The molecule has 134 valence electrons. The molecule has 0 aliphatic carbocycles. The number of nitrogens with zero attached hydrogens (tertiary/aromatic N) is 2. The first kappa shape index (κ1) is 17.6. The van der Waals surface area contributed by atoms with Gasteiger partial charge in [0.15, 0.2) is 0 Å². The van der Waals surface area contributed by atoms with Crippen LogP contribution in [0.2, 0.25) is 10.0 Å². The first-order chi connectivity index (χ1) is 12.6. The maximum absolute atomic E-state index is 10.5. The Kier molecular flexibility index (Phi) is 5.00. The van der Waals surface area contributed by atoms with Crippen molar-refractivity contribution in [2.45, 2.75) is 19.1 Å². The number of aliphatic hydroxyl groups excluding tert-OH is 1. The van der Waals surface area contributed by atoms with Crippen LogP contribution in [0.15, 0.2) is 48.5 Å². The first-order valence-electron chi connectivity index (χ1n) is 8.58. The monoisotopic (exact) mass is 387 g/mol. The number of benzene rings is 2. The van der Waals surface area contributed by atoms with Crippen molar-refractivity contribution in [2.24, 2.45) is 0 Å². The van der Waals surface area contributed by atoms with Crippen molar-refractivity contribution in [2.75, 3.05) is 13.1 Å². The van der Waals surface area contributed by atoms with Gasteiger partial charge in [0.05, 0.1) is 22.5 Å². The van der Waals surface area contributed by atoms with Crippen LogP contribution < -0.4 is 0 Å². The highest BCUT2D eigenvalue weighted by molar-refractivity contribution is 6.33. The van der Waals surface area contributed by atoms with E-state index in [4.69, 9.17) is 28.2 Å². The summed E-state index contributed by atoms with van der Waals surface area (Å²) in [4.78, 5) is 10.3. The molecule has 4 rings (SSSR count). The lowest BCUT2D eigenvalue weighted by molar-refractivity contribution is 0.105. The van der Waals surface area contributed by atoms with Gasteiger partial charge in [0.2, 0.25) is 0 Å². The molecule has 1 aliphatic heterocycles. The minimum atomic E-state index is -0.568. The number of hydrogen-bond acceptors (Lipinski definition) is 3. The van der Waals surface area contributed by atoms with E-state index in [0.717, 1.165) is 47.8 Å². The third kappa shape index (κ3) is 3.64. The molecule has 3 aromatic rings. The number of hydrogen-bond donors (Lipinski definition) is 2.